The maximum atomic E-state index is 12.8. The lowest BCUT2D eigenvalue weighted by atomic mass is 10.0. The minimum absolute atomic E-state index is 0.0987. The van der Waals surface area contributed by atoms with Crippen LogP contribution in [0.4, 0.5) is 0 Å². The summed E-state index contributed by atoms with van der Waals surface area (Å²) in [6.07, 6.45) is 6.27. The fraction of sp³-hybridized carbons (Fsp3) is 0.524. The van der Waals surface area contributed by atoms with Crippen LogP contribution in [0.1, 0.15) is 70.4 Å². The number of amidine groups is 1. The van der Waals surface area contributed by atoms with Crippen molar-refractivity contribution in [3.8, 4) is 0 Å². The lowest BCUT2D eigenvalue weighted by Crippen LogP contribution is -2.30. The first-order valence-corrected chi connectivity index (χ1v) is 10.2. The molecule has 0 atom stereocenters. The van der Waals surface area contributed by atoms with Crippen LogP contribution in [0.5, 0.6) is 0 Å². The number of amides is 1. The summed E-state index contributed by atoms with van der Waals surface area (Å²) >= 11 is 1.52. The molecule has 4 heteroatoms. The number of thioether (sulfide) groups is 1. The van der Waals surface area contributed by atoms with Gasteiger partial charge in [0.05, 0.1) is 4.91 Å². The molecule has 0 aromatic heterocycles. The van der Waals surface area contributed by atoms with Crippen LogP contribution < -0.4 is 0 Å². The molecule has 1 aromatic carbocycles. The highest BCUT2D eigenvalue weighted by Crippen LogP contribution is 2.33. The van der Waals surface area contributed by atoms with Gasteiger partial charge in [0, 0.05) is 13.1 Å². The third-order valence-electron chi connectivity index (χ3n) is 4.28. The summed E-state index contributed by atoms with van der Waals surface area (Å²) in [5, 5.41) is 0.872. The zero-order valence-corrected chi connectivity index (χ0v) is 16.7. The Balaban J connectivity index is 2.19. The maximum Gasteiger partial charge on any atom is 0.266 e. The Labute approximate surface area is 156 Å². The molecular weight excluding hydrogens is 328 g/mol. The van der Waals surface area contributed by atoms with E-state index in [0.29, 0.717) is 5.92 Å². The molecule has 25 heavy (non-hydrogen) atoms. The summed E-state index contributed by atoms with van der Waals surface area (Å²) in [5.74, 6) is 0.618. The highest BCUT2D eigenvalue weighted by Gasteiger charge is 2.32. The van der Waals surface area contributed by atoms with Crippen molar-refractivity contribution in [1.82, 2.24) is 4.90 Å². The monoisotopic (exact) mass is 358 g/mol. The van der Waals surface area contributed by atoms with Crippen LogP contribution in [-0.2, 0) is 4.79 Å². The molecule has 1 aromatic rings. The molecule has 1 amide bonds. The number of hydrogen-bond acceptors (Lipinski definition) is 3. The first-order valence-electron chi connectivity index (χ1n) is 9.42. The largest absolute Gasteiger partial charge is 0.287 e. The molecule has 0 bridgehead atoms. The van der Waals surface area contributed by atoms with Gasteiger partial charge in [0.2, 0.25) is 0 Å². The number of benzene rings is 1. The van der Waals surface area contributed by atoms with Crippen molar-refractivity contribution in [1.29, 1.82) is 0 Å². The molecule has 0 spiro atoms. The number of carbonyl (C=O) groups excluding carboxylic acids is 1. The van der Waals surface area contributed by atoms with Crippen LogP contribution in [0.3, 0.4) is 0 Å². The van der Waals surface area contributed by atoms with Crippen LogP contribution in [0.25, 0.3) is 6.08 Å². The Morgan fingerprint density at radius 3 is 2.40 bits per heavy atom. The normalized spacial score (nSPS) is 18.1. The summed E-state index contributed by atoms with van der Waals surface area (Å²) in [6.45, 7) is 10.2. The second kappa shape index (κ2) is 9.81. The second-order valence-corrected chi connectivity index (χ2v) is 7.77. The lowest BCUT2D eigenvalue weighted by molar-refractivity contribution is -0.122. The molecule has 1 heterocycles. The van der Waals surface area contributed by atoms with Crippen LogP contribution in [0.15, 0.2) is 34.2 Å². The molecule has 0 saturated carbocycles. The third-order valence-corrected chi connectivity index (χ3v) is 5.33. The van der Waals surface area contributed by atoms with E-state index in [2.05, 4.69) is 57.0 Å². The van der Waals surface area contributed by atoms with Gasteiger partial charge >= 0.3 is 0 Å². The van der Waals surface area contributed by atoms with Gasteiger partial charge in [0.1, 0.15) is 0 Å². The van der Waals surface area contributed by atoms with Gasteiger partial charge in [-0.05, 0) is 47.7 Å². The van der Waals surface area contributed by atoms with Gasteiger partial charge in [-0.15, -0.1) is 0 Å². The Morgan fingerprint density at radius 1 is 1.12 bits per heavy atom. The summed E-state index contributed by atoms with van der Waals surface area (Å²) in [4.78, 5) is 20.1. The summed E-state index contributed by atoms with van der Waals surface area (Å²) in [5.41, 5.74) is 2.39. The number of rotatable bonds is 8. The van der Waals surface area contributed by atoms with Gasteiger partial charge in [-0.25, -0.2) is 0 Å². The molecule has 1 fully saturated rings. The van der Waals surface area contributed by atoms with E-state index in [9.17, 15) is 4.79 Å². The molecule has 3 nitrogen and oxygen atoms in total. The predicted molar refractivity (Wildman–Crippen MR) is 110 cm³/mol. The van der Waals surface area contributed by atoms with Gasteiger partial charge < -0.3 is 0 Å². The molecule has 1 aliphatic rings. The molecule has 0 unspecified atom stereocenters. The average molecular weight is 359 g/mol. The van der Waals surface area contributed by atoms with Crippen LogP contribution in [-0.4, -0.2) is 29.1 Å². The van der Waals surface area contributed by atoms with Crippen molar-refractivity contribution in [2.75, 3.05) is 13.1 Å². The van der Waals surface area contributed by atoms with E-state index in [1.54, 1.807) is 0 Å². The smallest absolute Gasteiger partial charge is 0.266 e. The second-order valence-electron chi connectivity index (χ2n) is 6.76. The minimum Gasteiger partial charge on any atom is -0.287 e. The highest BCUT2D eigenvalue weighted by molar-refractivity contribution is 8.18. The number of hydrogen-bond donors (Lipinski definition) is 0. The fourth-order valence-corrected chi connectivity index (χ4v) is 3.63. The molecule has 136 valence electrons. The van der Waals surface area contributed by atoms with Crippen molar-refractivity contribution in [2.24, 2.45) is 4.99 Å². The SMILES string of the molecule is CCCCN=C1SC(=Cc2ccc(C(C)C)cc2)C(=O)N1CCCC. The number of carbonyl (C=O) groups is 1. The van der Waals surface area contributed by atoms with E-state index in [-0.39, 0.29) is 5.91 Å². The fourth-order valence-electron chi connectivity index (χ4n) is 2.60. The molecule has 2 rings (SSSR count). The van der Waals surface area contributed by atoms with Crippen LogP contribution in [0.2, 0.25) is 0 Å². The number of nitrogens with zero attached hydrogens (tertiary/aromatic N) is 2. The summed E-state index contributed by atoms with van der Waals surface area (Å²) < 4.78 is 0. The Kier molecular flexibility index (Phi) is 7.76. The zero-order valence-electron chi connectivity index (χ0n) is 15.9. The van der Waals surface area contributed by atoms with Crippen molar-refractivity contribution in [2.45, 2.75) is 59.3 Å². The molecular formula is C21H30N2OS. The van der Waals surface area contributed by atoms with E-state index >= 15 is 0 Å². The van der Waals surface area contributed by atoms with Crippen molar-refractivity contribution in [3.05, 3.63) is 40.3 Å². The summed E-state index contributed by atoms with van der Waals surface area (Å²) in [6, 6.07) is 8.48. The number of aliphatic imine (C=N–C) groups is 1. The van der Waals surface area contributed by atoms with E-state index in [4.69, 9.17) is 0 Å². The topological polar surface area (TPSA) is 32.7 Å². The Bertz CT molecular complexity index is 632. The molecule has 0 N–H and O–H groups in total. The van der Waals surface area contributed by atoms with E-state index in [1.165, 1.54) is 17.3 Å². The van der Waals surface area contributed by atoms with Gasteiger partial charge in [-0.1, -0.05) is 64.8 Å². The predicted octanol–water partition coefficient (Wildman–Crippen LogP) is 5.68. The first-order chi connectivity index (χ1) is 12.1. The van der Waals surface area contributed by atoms with Gasteiger partial charge in [-0.3, -0.25) is 14.7 Å². The highest BCUT2D eigenvalue weighted by atomic mass is 32.2. The minimum atomic E-state index is 0.0987. The Hall–Kier alpha value is -1.55. The Morgan fingerprint density at radius 2 is 1.80 bits per heavy atom. The lowest BCUT2D eigenvalue weighted by Gasteiger charge is -2.14. The van der Waals surface area contributed by atoms with E-state index < -0.39 is 0 Å². The third kappa shape index (κ3) is 5.46. The standard InChI is InChI=1S/C21H30N2OS/c1-5-7-13-22-21-23(14-8-6-2)20(24)19(25-21)15-17-9-11-18(12-10-17)16(3)4/h9-12,15-16H,5-8,13-14H2,1-4H3. The van der Waals surface area contributed by atoms with Gasteiger partial charge in [-0.2, -0.15) is 0 Å². The first kappa shape index (κ1) is 19.8. The van der Waals surface area contributed by atoms with E-state index in [0.717, 1.165) is 54.4 Å². The molecule has 1 aliphatic heterocycles. The van der Waals surface area contributed by atoms with Crippen LogP contribution in [0, 0.1) is 0 Å². The molecule has 0 aliphatic carbocycles. The van der Waals surface area contributed by atoms with Crippen molar-refractivity contribution in [3.63, 3.8) is 0 Å². The molecule has 0 radical (unpaired) electrons. The van der Waals surface area contributed by atoms with E-state index in [1.807, 2.05) is 11.0 Å². The van der Waals surface area contributed by atoms with Crippen molar-refractivity contribution < 1.29 is 4.79 Å². The zero-order chi connectivity index (χ0) is 18.2. The van der Waals surface area contributed by atoms with Gasteiger partial charge in [0.25, 0.3) is 5.91 Å². The molecule has 1 saturated heterocycles. The maximum absolute atomic E-state index is 12.8. The van der Waals surface area contributed by atoms with Gasteiger partial charge in [0.15, 0.2) is 5.17 Å². The average Bonchev–Trinajstić information content (AvgIpc) is 2.89. The number of unbranched alkanes of at least 4 members (excludes halogenated alkanes) is 2. The summed E-state index contributed by atoms with van der Waals surface area (Å²) in [7, 11) is 0. The van der Waals surface area contributed by atoms with Crippen molar-refractivity contribution >= 4 is 28.9 Å². The van der Waals surface area contributed by atoms with Crippen LogP contribution >= 0.6 is 11.8 Å². The quantitative estimate of drug-likeness (QED) is 0.442.